The summed E-state index contributed by atoms with van der Waals surface area (Å²) < 4.78 is 2.35. The van der Waals surface area contributed by atoms with Gasteiger partial charge in [-0.25, -0.2) is 4.79 Å². The zero-order valence-corrected chi connectivity index (χ0v) is 24.1. The molecule has 0 atom stereocenters. The molecule has 5 rings (SSSR count). The van der Waals surface area contributed by atoms with Gasteiger partial charge in [0.15, 0.2) is 5.78 Å². The molecule has 0 saturated carbocycles. The van der Waals surface area contributed by atoms with Crippen molar-refractivity contribution >= 4 is 50.6 Å². The van der Waals surface area contributed by atoms with Gasteiger partial charge in [0.1, 0.15) is 0 Å². The van der Waals surface area contributed by atoms with E-state index in [-0.39, 0.29) is 11.8 Å². The van der Waals surface area contributed by atoms with Gasteiger partial charge in [-0.2, -0.15) is 0 Å². The predicted molar refractivity (Wildman–Crippen MR) is 166 cm³/mol. The third-order valence-electron chi connectivity index (χ3n) is 7.31. The summed E-state index contributed by atoms with van der Waals surface area (Å²) in [6.45, 7) is 5.01. The molecule has 0 aliphatic rings. The molecule has 5 nitrogen and oxygen atoms in total. The number of thiophene rings is 1. The lowest BCUT2D eigenvalue weighted by Crippen LogP contribution is -2.01. The van der Waals surface area contributed by atoms with Crippen LogP contribution >= 0.6 is 11.3 Å². The topological polar surface area (TPSA) is 60.7 Å². The van der Waals surface area contributed by atoms with E-state index in [0.717, 1.165) is 55.4 Å². The molecule has 0 amide bonds. The number of oxime groups is 1. The second-order valence-corrected chi connectivity index (χ2v) is 11.1. The summed E-state index contributed by atoms with van der Waals surface area (Å²) in [4.78, 5) is 29.2. The number of nitrogens with zero attached hydrogens (tertiary/aromatic N) is 2. The summed E-state index contributed by atoms with van der Waals surface area (Å²) in [5.74, 6) is -0.314. The molecule has 0 bridgehead atoms. The van der Waals surface area contributed by atoms with Crippen LogP contribution in [0.25, 0.3) is 37.9 Å². The fraction of sp³-hybridized carbons (Fsp3) is 0.265. The summed E-state index contributed by atoms with van der Waals surface area (Å²) in [6, 6.07) is 25.5. The zero-order valence-electron chi connectivity index (χ0n) is 23.3. The molecule has 0 radical (unpaired) electrons. The van der Waals surface area contributed by atoms with E-state index in [9.17, 15) is 9.59 Å². The lowest BCUT2D eigenvalue weighted by molar-refractivity contribution is -0.141. The van der Waals surface area contributed by atoms with Crippen LogP contribution in [-0.4, -0.2) is 22.0 Å². The van der Waals surface area contributed by atoms with Crippen LogP contribution in [0, 0.1) is 0 Å². The Morgan fingerprint density at radius 3 is 2.40 bits per heavy atom. The number of carbonyl (C=O) groups is 2. The van der Waals surface area contributed by atoms with Gasteiger partial charge in [0.05, 0.1) is 16.7 Å². The molecular weight excluding hydrogens is 516 g/mol. The Bertz CT molecular complexity index is 1680. The van der Waals surface area contributed by atoms with Gasteiger partial charge in [-0.05, 0) is 104 Å². The molecule has 3 aromatic carbocycles. The van der Waals surface area contributed by atoms with Crippen molar-refractivity contribution in [1.82, 2.24) is 4.57 Å². The van der Waals surface area contributed by atoms with Crippen molar-refractivity contribution in [3.63, 3.8) is 0 Å². The number of para-hydroxylation sites is 1. The predicted octanol–water partition coefficient (Wildman–Crippen LogP) is 9.15. The van der Waals surface area contributed by atoms with Crippen LogP contribution in [0.4, 0.5) is 0 Å². The van der Waals surface area contributed by atoms with Crippen LogP contribution < -0.4 is 0 Å². The standard InChI is InChI=1S/C34H34N2O3S/c1-4-28(35-39-24(3)38)12-7-5-6-11-26-21-27(33-15-10-20-40-33)22-31-30-13-8-9-14-32(30)36(34(26)31)29-18-16-25(17-19-29)23(2)37/h8-10,13-22H,4-7,11-12H2,1-3H3. The van der Waals surface area contributed by atoms with E-state index in [1.807, 2.05) is 31.2 Å². The number of hydrogen-bond donors (Lipinski definition) is 0. The Balaban J connectivity index is 1.53. The quantitative estimate of drug-likeness (QED) is 0.0541. The zero-order chi connectivity index (χ0) is 28.1. The lowest BCUT2D eigenvalue weighted by atomic mass is 9.98. The van der Waals surface area contributed by atoms with Crippen LogP contribution in [0.5, 0.6) is 0 Å². The van der Waals surface area contributed by atoms with Gasteiger partial charge in [-0.1, -0.05) is 42.8 Å². The number of aromatic nitrogens is 1. The summed E-state index contributed by atoms with van der Waals surface area (Å²) in [7, 11) is 0. The maximum atomic E-state index is 11.9. The maximum Gasteiger partial charge on any atom is 0.331 e. The van der Waals surface area contributed by atoms with E-state index in [4.69, 9.17) is 4.84 Å². The summed E-state index contributed by atoms with van der Waals surface area (Å²) in [5.41, 5.74) is 7.64. The minimum absolute atomic E-state index is 0.0687. The van der Waals surface area contributed by atoms with Crippen LogP contribution in [-0.2, 0) is 16.1 Å². The highest BCUT2D eigenvalue weighted by atomic mass is 32.1. The minimum Gasteiger partial charge on any atom is -0.319 e. The first kappa shape index (κ1) is 27.5. The molecule has 0 aliphatic heterocycles. The molecule has 2 aromatic heterocycles. The van der Waals surface area contributed by atoms with Crippen molar-refractivity contribution in [3.8, 4) is 16.1 Å². The lowest BCUT2D eigenvalue weighted by Gasteiger charge is -2.13. The van der Waals surface area contributed by atoms with E-state index in [2.05, 4.69) is 63.6 Å². The van der Waals surface area contributed by atoms with Crippen LogP contribution in [0.3, 0.4) is 0 Å². The van der Waals surface area contributed by atoms with Gasteiger partial charge >= 0.3 is 5.97 Å². The number of fused-ring (bicyclic) bond motifs is 3. The average Bonchev–Trinajstić information content (AvgIpc) is 3.61. The smallest absolute Gasteiger partial charge is 0.319 e. The van der Waals surface area contributed by atoms with Gasteiger partial charge in [0, 0.05) is 33.8 Å². The molecule has 5 aromatic rings. The van der Waals surface area contributed by atoms with Crippen LogP contribution in [0.15, 0.2) is 83.3 Å². The molecular formula is C34H34N2O3S. The number of Topliss-reactive ketones (excluding diaryl/α,β-unsaturated/α-hetero) is 1. The SMILES string of the molecule is CCC(CCCCCc1cc(-c2cccs2)cc2c3ccccc3n(-c3ccc(C(C)=O)cc3)c12)=NOC(C)=O. The fourth-order valence-corrected chi connectivity index (χ4v) is 6.02. The number of aryl methyl sites for hydroxylation is 1. The summed E-state index contributed by atoms with van der Waals surface area (Å²) in [5, 5.41) is 8.60. The van der Waals surface area contributed by atoms with Crippen LogP contribution in [0.1, 0.15) is 68.8 Å². The Morgan fingerprint density at radius 1 is 0.900 bits per heavy atom. The highest BCUT2D eigenvalue weighted by Crippen LogP contribution is 2.38. The van der Waals surface area contributed by atoms with E-state index in [0.29, 0.717) is 5.56 Å². The van der Waals surface area contributed by atoms with E-state index in [1.54, 1.807) is 18.3 Å². The molecule has 0 aliphatic carbocycles. The number of carbonyl (C=O) groups excluding carboxylic acids is 2. The Hall–Kier alpha value is -4.03. The van der Waals surface area contributed by atoms with Crippen molar-refractivity contribution in [1.29, 1.82) is 0 Å². The van der Waals surface area contributed by atoms with Gasteiger partial charge < -0.3 is 9.40 Å². The van der Waals surface area contributed by atoms with E-state index < -0.39 is 0 Å². The fourth-order valence-electron chi connectivity index (χ4n) is 5.31. The minimum atomic E-state index is -0.382. The largest absolute Gasteiger partial charge is 0.331 e. The van der Waals surface area contributed by atoms with E-state index >= 15 is 0 Å². The first-order chi connectivity index (χ1) is 19.5. The number of ketones is 1. The third kappa shape index (κ3) is 5.92. The number of rotatable bonds is 11. The molecule has 0 N–H and O–H groups in total. The molecule has 40 heavy (non-hydrogen) atoms. The molecule has 2 heterocycles. The summed E-state index contributed by atoms with van der Waals surface area (Å²) in [6.07, 6.45) is 5.64. The Morgan fingerprint density at radius 2 is 1.70 bits per heavy atom. The maximum absolute atomic E-state index is 11.9. The van der Waals surface area contributed by atoms with Crippen molar-refractivity contribution < 1.29 is 14.4 Å². The van der Waals surface area contributed by atoms with Crippen molar-refractivity contribution in [2.75, 3.05) is 0 Å². The molecule has 0 spiro atoms. The normalized spacial score (nSPS) is 11.8. The average molecular weight is 551 g/mol. The van der Waals surface area contributed by atoms with Crippen molar-refractivity contribution in [3.05, 3.63) is 89.3 Å². The number of benzene rings is 3. The Labute approximate surface area is 239 Å². The van der Waals surface area contributed by atoms with E-state index in [1.165, 1.54) is 39.2 Å². The van der Waals surface area contributed by atoms with Crippen LogP contribution in [0.2, 0.25) is 0 Å². The number of hydrogen-bond acceptors (Lipinski definition) is 5. The van der Waals surface area contributed by atoms with Crippen molar-refractivity contribution in [2.45, 2.75) is 59.3 Å². The van der Waals surface area contributed by atoms with Gasteiger partial charge in [-0.15, -0.1) is 11.3 Å². The highest BCUT2D eigenvalue weighted by molar-refractivity contribution is 7.13. The van der Waals surface area contributed by atoms with Gasteiger partial charge in [0.2, 0.25) is 0 Å². The first-order valence-corrected chi connectivity index (χ1v) is 14.8. The third-order valence-corrected chi connectivity index (χ3v) is 8.23. The monoisotopic (exact) mass is 550 g/mol. The molecule has 0 fully saturated rings. The van der Waals surface area contributed by atoms with Gasteiger partial charge in [0.25, 0.3) is 0 Å². The molecule has 0 saturated heterocycles. The Kier molecular flexibility index (Phi) is 8.56. The highest BCUT2D eigenvalue weighted by Gasteiger charge is 2.18. The molecule has 204 valence electrons. The van der Waals surface area contributed by atoms with Gasteiger partial charge in [-0.3, -0.25) is 4.79 Å². The molecule has 6 heteroatoms. The summed E-state index contributed by atoms with van der Waals surface area (Å²) >= 11 is 1.76. The second kappa shape index (κ2) is 12.4. The number of unbranched alkanes of at least 4 members (excludes halogenated alkanes) is 2. The first-order valence-electron chi connectivity index (χ1n) is 13.9. The van der Waals surface area contributed by atoms with Crippen molar-refractivity contribution in [2.24, 2.45) is 5.16 Å². The second-order valence-electron chi connectivity index (χ2n) is 10.1. The molecule has 0 unspecified atom stereocenters.